The van der Waals surface area contributed by atoms with E-state index in [1.807, 2.05) is 0 Å². The van der Waals surface area contributed by atoms with Gasteiger partial charge in [0.05, 0.1) is 13.7 Å². The molecule has 1 atom stereocenters. The van der Waals surface area contributed by atoms with Crippen molar-refractivity contribution < 1.29 is 23.9 Å². The molecule has 1 N–H and O–H groups in total. The first kappa shape index (κ1) is 14.3. The third-order valence-electron chi connectivity index (χ3n) is 3.53. The van der Waals surface area contributed by atoms with E-state index in [1.165, 1.54) is 12.0 Å². The topological polar surface area (TPSA) is 96.0 Å². The number of carbonyl (C=O) groups excluding carboxylic acids is 4. The number of carbonyl (C=O) groups is 4. The number of hydrogen-bond donors (Lipinski definition) is 1. The molecular weight excluding hydrogens is 266 g/mol. The van der Waals surface area contributed by atoms with Crippen LogP contribution in [0.5, 0.6) is 0 Å². The maximum atomic E-state index is 12.2. The molecule has 1 unspecified atom stereocenters. The van der Waals surface area contributed by atoms with Crippen LogP contribution in [0.4, 0.5) is 4.79 Å². The number of hydrogen-bond acceptors (Lipinski definition) is 5. The Labute approximate surface area is 116 Å². The van der Waals surface area contributed by atoms with Gasteiger partial charge >= 0.3 is 12.0 Å². The molecule has 4 amide bonds. The van der Waals surface area contributed by atoms with Crippen molar-refractivity contribution in [2.75, 3.05) is 26.7 Å². The highest BCUT2D eigenvalue weighted by atomic mass is 16.5. The molecule has 0 aromatic heterocycles. The van der Waals surface area contributed by atoms with Gasteiger partial charge in [-0.3, -0.25) is 14.5 Å². The number of nitrogens with zero attached hydrogens (tertiary/aromatic N) is 2. The molecule has 0 aromatic carbocycles. The van der Waals surface area contributed by atoms with Gasteiger partial charge in [-0.2, -0.15) is 0 Å². The molecule has 0 saturated carbocycles. The van der Waals surface area contributed by atoms with Gasteiger partial charge in [0.1, 0.15) is 12.6 Å². The third-order valence-corrected chi connectivity index (χ3v) is 3.53. The number of ether oxygens (including phenoxy) is 1. The molecule has 0 radical (unpaired) electrons. The van der Waals surface area contributed by atoms with Crippen LogP contribution in [0.25, 0.3) is 0 Å². The molecule has 0 aliphatic carbocycles. The van der Waals surface area contributed by atoms with Gasteiger partial charge in [0, 0.05) is 6.54 Å². The van der Waals surface area contributed by atoms with Crippen molar-refractivity contribution in [3.8, 4) is 0 Å². The number of esters is 1. The lowest BCUT2D eigenvalue weighted by Gasteiger charge is -2.34. The third kappa shape index (κ3) is 2.73. The summed E-state index contributed by atoms with van der Waals surface area (Å²) in [5.41, 5.74) is 0. The Hall–Kier alpha value is -2.12. The molecule has 2 rings (SSSR count). The number of imide groups is 1. The summed E-state index contributed by atoms with van der Waals surface area (Å²) < 4.78 is 4.69. The second-order valence-corrected chi connectivity index (χ2v) is 4.76. The van der Waals surface area contributed by atoms with E-state index >= 15 is 0 Å². The second kappa shape index (κ2) is 5.89. The summed E-state index contributed by atoms with van der Waals surface area (Å²) in [7, 11) is 1.27. The summed E-state index contributed by atoms with van der Waals surface area (Å²) in [5.74, 6) is -1.31. The summed E-state index contributed by atoms with van der Waals surface area (Å²) in [4.78, 5) is 49.0. The molecule has 2 saturated heterocycles. The number of nitrogens with one attached hydrogen (secondary N) is 1. The van der Waals surface area contributed by atoms with Crippen molar-refractivity contribution in [3.63, 3.8) is 0 Å². The number of piperidine rings is 1. The molecule has 2 heterocycles. The molecule has 2 aliphatic heterocycles. The lowest BCUT2D eigenvalue weighted by atomic mass is 10.0. The smallest absolute Gasteiger partial charge is 0.328 e. The van der Waals surface area contributed by atoms with E-state index in [4.69, 9.17) is 0 Å². The summed E-state index contributed by atoms with van der Waals surface area (Å²) in [6.07, 6.45) is 2.17. The Morgan fingerprint density at radius 2 is 2.10 bits per heavy atom. The van der Waals surface area contributed by atoms with Crippen molar-refractivity contribution >= 4 is 23.8 Å². The summed E-state index contributed by atoms with van der Waals surface area (Å²) >= 11 is 0. The van der Waals surface area contributed by atoms with E-state index in [0.717, 1.165) is 17.7 Å². The number of likely N-dealkylation sites (tertiary alicyclic amines) is 1. The largest absolute Gasteiger partial charge is 0.467 e. The Bertz CT molecular complexity index is 434. The summed E-state index contributed by atoms with van der Waals surface area (Å²) in [6, 6.07) is -1.20. The maximum Gasteiger partial charge on any atom is 0.328 e. The lowest BCUT2D eigenvalue weighted by Crippen LogP contribution is -2.52. The Morgan fingerprint density at radius 1 is 1.35 bits per heavy atom. The monoisotopic (exact) mass is 283 g/mol. The fourth-order valence-electron chi connectivity index (χ4n) is 2.45. The van der Waals surface area contributed by atoms with Crippen molar-refractivity contribution in [1.29, 1.82) is 0 Å². The first-order chi connectivity index (χ1) is 9.54. The molecule has 0 spiro atoms. The summed E-state index contributed by atoms with van der Waals surface area (Å²) in [5, 5.41) is 2.35. The van der Waals surface area contributed by atoms with E-state index in [9.17, 15) is 19.2 Å². The lowest BCUT2D eigenvalue weighted by molar-refractivity contribution is -0.155. The highest BCUT2D eigenvalue weighted by molar-refractivity contribution is 6.04. The van der Waals surface area contributed by atoms with E-state index in [2.05, 4.69) is 10.1 Å². The van der Waals surface area contributed by atoms with Crippen LogP contribution in [0.1, 0.15) is 19.3 Å². The summed E-state index contributed by atoms with van der Waals surface area (Å²) in [6.45, 7) is 0.00690. The van der Waals surface area contributed by atoms with Gasteiger partial charge in [-0.25, -0.2) is 9.59 Å². The Morgan fingerprint density at radius 3 is 2.70 bits per heavy atom. The van der Waals surface area contributed by atoms with Gasteiger partial charge in [0.25, 0.3) is 5.91 Å². The van der Waals surface area contributed by atoms with E-state index in [0.29, 0.717) is 13.0 Å². The molecule has 20 heavy (non-hydrogen) atoms. The normalized spacial score (nSPS) is 22.8. The maximum absolute atomic E-state index is 12.2. The zero-order valence-electron chi connectivity index (χ0n) is 11.3. The predicted octanol–water partition coefficient (Wildman–Crippen LogP) is -0.908. The van der Waals surface area contributed by atoms with Crippen LogP contribution in [-0.4, -0.2) is 66.4 Å². The van der Waals surface area contributed by atoms with E-state index in [-0.39, 0.29) is 13.1 Å². The van der Waals surface area contributed by atoms with Gasteiger partial charge in [-0.15, -0.1) is 0 Å². The Kier molecular flexibility index (Phi) is 4.21. The Balaban J connectivity index is 2.04. The number of rotatable bonds is 3. The van der Waals surface area contributed by atoms with Crippen LogP contribution in [-0.2, 0) is 19.1 Å². The van der Waals surface area contributed by atoms with Crippen molar-refractivity contribution in [3.05, 3.63) is 0 Å². The van der Waals surface area contributed by atoms with Gasteiger partial charge in [0.2, 0.25) is 5.91 Å². The van der Waals surface area contributed by atoms with Crippen LogP contribution in [0.3, 0.4) is 0 Å². The number of amides is 4. The van der Waals surface area contributed by atoms with Gasteiger partial charge < -0.3 is 15.0 Å². The zero-order valence-corrected chi connectivity index (χ0v) is 11.3. The van der Waals surface area contributed by atoms with Crippen molar-refractivity contribution in [1.82, 2.24) is 15.1 Å². The van der Waals surface area contributed by atoms with Crippen LogP contribution >= 0.6 is 0 Å². The second-order valence-electron chi connectivity index (χ2n) is 4.76. The first-order valence-electron chi connectivity index (χ1n) is 6.50. The van der Waals surface area contributed by atoms with Crippen LogP contribution in [0, 0.1) is 0 Å². The van der Waals surface area contributed by atoms with Crippen LogP contribution < -0.4 is 5.32 Å². The minimum absolute atomic E-state index is 0.0907. The van der Waals surface area contributed by atoms with Crippen LogP contribution in [0.15, 0.2) is 0 Å². The fraction of sp³-hybridized carbons (Fsp3) is 0.667. The SMILES string of the molecule is COC(=O)C1CCCCN1C(=O)CN1C(=O)CNC1=O. The number of urea groups is 1. The zero-order chi connectivity index (χ0) is 14.7. The molecular formula is C12H17N3O5. The molecule has 8 heteroatoms. The quantitative estimate of drug-likeness (QED) is 0.534. The highest BCUT2D eigenvalue weighted by Gasteiger charge is 2.36. The minimum atomic E-state index is -0.623. The number of methoxy groups -OCH3 is 1. The van der Waals surface area contributed by atoms with E-state index < -0.39 is 29.9 Å². The van der Waals surface area contributed by atoms with Crippen molar-refractivity contribution in [2.45, 2.75) is 25.3 Å². The van der Waals surface area contributed by atoms with Gasteiger partial charge in [0.15, 0.2) is 0 Å². The standard InChI is InChI=1S/C12H17N3O5/c1-20-11(18)8-4-2-3-5-14(8)10(17)7-15-9(16)6-13-12(15)19/h8H,2-7H2,1H3,(H,13,19). The molecule has 0 bridgehead atoms. The molecule has 2 aliphatic rings. The first-order valence-corrected chi connectivity index (χ1v) is 6.50. The van der Waals surface area contributed by atoms with Gasteiger partial charge in [-0.05, 0) is 19.3 Å². The predicted molar refractivity (Wildman–Crippen MR) is 66.5 cm³/mol. The van der Waals surface area contributed by atoms with Gasteiger partial charge in [-0.1, -0.05) is 0 Å². The van der Waals surface area contributed by atoms with Crippen molar-refractivity contribution in [2.24, 2.45) is 0 Å². The minimum Gasteiger partial charge on any atom is -0.467 e. The average Bonchev–Trinajstić information content (AvgIpc) is 2.78. The average molecular weight is 283 g/mol. The molecule has 8 nitrogen and oxygen atoms in total. The molecule has 110 valence electrons. The molecule has 0 aromatic rings. The van der Waals surface area contributed by atoms with Crippen LogP contribution in [0.2, 0.25) is 0 Å². The molecule has 2 fully saturated rings. The fourth-order valence-corrected chi connectivity index (χ4v) is 2.45. The highest BCUT2D eigenvalue weighted by Crippen LogP contribution is 2.18. The van der Waals surface area contributed by atoms with E-state index in [1.54, 1.807) is 0 Å².